The number of rotatable bonds is 12. The number of carbonyl (C=O) groups is 2. The van der Waals surface area contributed by atoms with Gasteiger partial charge in [-0.15, -0.1) is 0 Å². The van der Waals surface area contributed by atoms with Gasteiger partial charge in [-0.1, -0.05) is 52.9 Å². The number of unbranched alkanes of at least 4 members (excludes halogenated alkanes) is 4. The highest BCUT2D eigenvalue weighted by atomic mass is 16.6. The molecule has 0 spiro atoms. The summed E-state index contributed by atoms with van der Waals surface area (Å²) >= 11 is 0. The first-order valence-electron chi connectivity index (χ1n) is 10.1. The molecular weight excluding hydrogens is 374 g/mol. The molecule has 0 amide bonds. The summed E-state index contributed by atoms with van der Waals surface area (Å²) in [5.41, 5.74) is -0.245. The molecule has 0 aliphatic heterocycles. The van der Waals surface area contributed by atoms with Gasteiger partial charge >= 0.3 is 0 Å². The van der Waals surface area contributed by atoms with Crippen molar-refractivity contribution >= 4 is 11.6 Å². The van der Waals surface area contributed by atoms with Gasteiger partial charge in [-0.2, -0.15) is 0 Å². The van der Waals surface area contributed by atoms with Crippen LogP contribution in [-0.2, 0) is 19.1 Å². The molecule has 1 aliphatic rings. The lowest BCUT2D eigenvalue weighted by molar-refractivity contribution is -0.427. The second-order valence-electron chi connectivity index (χ2n) is 8.05. The maximum atomic E-state index is 12.8. The molecule has 1 aliphatic carbocycles. The Morgan fingerprint density at radius 2 is 1.59 bits per heavy atom. The first-order chi connectivity index (χ1) is 13.6. The summed E-state index contributed by atoms with van der Waals surface area (Å²) in [6.45, 7) is 7.55. The number of methoxy groups -OCH3 is 2. The van der Waals surface area contributed by atoms with E-state index in [9.17, 15) is 19.7 Å². The third-order valence-electron chi connectivity index (χ3n) is 5.17. The molecule has 0 bridgehead atoms. The smallest absolute Gasteiger partial charge is 0.247 e. The number of ketones is 2. The molecule has 1 rings (SSSR count). The Morgan fingerprint density at radius 3 is 2.10 bits per heavy atom. The van der Waals surface area contributed by atoms with E-state index in [2.05, 4.69) is 6.92 Å². The average Bonchev–Trinajstić information content (AvgIpc) is 2.66. The Hall–Kier alpha value is -2.44. The molecule has 0 aromatic carbocycles. The highest BCUT2D eigenvalue weighted by Crippen LogP contribution is 2.33. The summed E-state index contributed by atoms with van der Waals surface area (Å²) < 4.78 is 10.0. The number of allylic oxidation sites excluding steroid dienone is 4. The highest BCUT2D eigenvalue weighted by Gasteiger charge is 2.36. The zero-order valence-corrected chi connectivity index (χ0v) is 18.4. The lowest BCUT2D eigenvalue weighted by atomic mass is 9.84. The largest absolute Gasteiger partial charge is 0.489 e. The van der Waals surface area contributed by atoms with Gasteiger partial charge in [-0.3, -0.25) is 19.7 Å². The van der Waals surface area contributed by atoms with Gasteiger partial charge in [0.25, 0.3) is 0 Å². The molecule has 0 aromatic rings. The fourth-order valence-corrected chi connectivity index (χ4v) is 3.46. The van der Waals surface area contributed by atoms with Crippen LogP contribution in [0.2, 0.25) is 0 Å². The first-order valence-corrected chi connectivity index (χ1v) is 10.1. The van der Waals surface area contributed by atoms with Crippen molar-refractivity contribution in [3.05, 3.63) is 44.6 Å². The van der Waals surface area contributed by atoms with Crippen molar-refractivity contribution in [3.8, 4) is 0 Å². The Bertz CT molecular complexity index is 742. The predicted octanol–water partition coefficient (Wildman–Crippen LogP) is 4.90. The van der Waals surface area contributed by atoms with Crippen LogP contribution >= 0.6 is 0 Å². The van der Waals surface area contributed by atoms with Gasteiger partial charge in [0.05, 0.1) is 25.6 Å². The Kier molecular flexibility index (Phi) is 9.27. The van der Waals surface area contributed by atoms with Crippen LogP contribution in [0.5, 0.6) is 0 Å². The molecule has 0 N–H and O–H groups in total. The number of ether oxygens (including phenoxy) is 2. The van der Waals surface area contributed by atoms with Crippen LogP contribution in [0, 0.1) is 15.5 Å². The highest BCUT2D eigenvalue weighted by molar-refractivity contribution is 6.23. The quantitative estimate of drug-likeness (QED) is 0.198. The van der Waals surface area contributed by atoms with Crippen LogP contribution in [0.15, 0.2) is 34.4 Å². The standard InChI is InChI=1S/C22H33NO6/c1-7-8-9-10-11-12-22(3,4)14-16(23(26)27)13-17-15(2)18(24)20(28-5)21(29-6)19(17)25/h14H,7-13H2,1-6H3/b16-14+. The van der Waals surface area contributed by atoms with Crippen molar-refractivity contribution in [3.63, 3.8) is 0 Å². The number of nitrogens with zero attached hydrogens (tertiary/aromatic N) is 1. The maximum absolute atomic E-state index is 12.8. The van der Waals surface area contributed by atoms with Crippen molar-refractivity contribution in [1.82, 2.24) is 0 Å². The summed E-state index contributed by atoms with van der Waals surface area (Å²) in [6.07, 6.45) is 7.81. The number of nitro groups is 1. The molecule has 0 atom stereocenters. The minimum atomic E-state index is -0.549. The third kappa shape index (κ3) is 6.54. The van der Waals surface area contributed by atoms with E-state index in [-0.39, 0.29) is 40.2 Å². The number of carbonyl (C=O) groups excluding carboxylic acids is 2. The van der Waals surface area contributed by atoms with E-state index in [0.29, 0.717) is 0 Å². The molecule has 0 saturated heterocycles. The van der Waals surface area contributed by atoms with Gasteiger partial charge in [0.1, 0.15) is 0 Å². The van der Waals surface area contributed by atoms with Crippen LogP contribution in [-0.4, -0.2) is 30.7 Å². The number of hydrogen-bond donors (Lipinski definition) is 0. The fourth-order valence-electron chi connectivity index (χ4n) is 3.46. The van der Waals surface area contributed by atoms with Crippen molar-refractivity contribution < 1.29 is 24.0 Å². The summed E-state index contributed by atoms with van der Waals surface area (Å²) in [5, 5.41) is 11.7. The van der Waals surface area contributed by atoms with Gasteiger partial charge in [-0.05, 0) is 24.8 Å². The fraction of sp³-hybridized carbons (Fsp3) is 0.636. The van der Waals surface area contributed by atoms with Crippen molar-refractivity contribution in [2.45, 2.75) is 72.6 Å². The van der Waals surface area contributed by atoms with Gasteiger partial charge < -0.3 is 9.47 Å². The van der Waals surface area contributed by atoms with Crippen molar-refractivity contribution in [1.29, 1.82) is 0 Å². The molecule has 0 saturated carbocycles. The van der Waals surface area contributed by atoms with Crippen LogP contribution in [0.1, 0.15) is 72.6 Å². The molecule has 162 valence electrons. The summed E-state index contributed by atoms with van der Waals surface area (Å²) in [5.74, 6) is -1.42. The van der Waals surface area contributed by atoms with E-state index in [4.69, 9.17) is 9.47 Å². The summed E-state index contributed by atoms with van der Waals surface area (Å²) in [4.78, 5) is 36.4. The Morgan fingerprint density at radius 1 is 1.03 bits per heavy atom. The van der Waals surface area contributed by atoms with Crippen LogP contribution in [0.4, 0.5) is 0 Å². The van der Waals surface area contributed by atoms with Gasteiger partial charge in [0.15, 0.2) is 0 Å². The topological polar surface area (TPSA) is 95.7 Å². The van der Waals surface area contributed by atoms with Gasteiger partial charge in [-0.25, -0.2) is 0 Å². The molecular formula is C22H33NO6. The van der Waals surface area contributed by atoms with Crippen molar-refractivity contribution in [2.75, 3.05) is 14.2 Å². The molecule has 7 heteroatoms. The van der Waals surface area contributed by atoms with Crippen LogP contribution in [0.3, 0.4) is 0 Å². The second kappa shape index (κ2) is 10.9. The zero-order valence-electron chi connectivity index (χ0n) is 18.4. The van der Waals surface area contributed by atoms with Gasteiger partial charge in [0, 0.05) is 11.1 Å². The molecule has 29 heavy (non-hydrogen) atoms. The average molecular weight is 408 g/mol. The van der Waals surface area contributed by atoms with E-state index in [0.717, 1.165) is 25.7 Å². The Balaban J connectivity index is 3.08. The van der Waals surface area contributed by atoms with Crippen LogP contribution in [0.25, 0.3) is 0 Å². The molecule has 0 aromatic heterocycles. The lowest BCUT2D eigenvalue weighted by Gasteiger charge is -2.22. The molecule has 7 nitrogen and oxygen atoms in total. The van der Waals surface area contributed by atoms with E-state index in [1.807, 2.05) is 13.8 Å². The number of hydrogen-bond acceptors (Lipinski definition) is 6. The monoisotopic (exact) mass is 407 g/mol. The predicted molar refractivity (Wildman–Crippen MR) is 111 cm³/mol. The summed E-state index contributed by atoms with van der Waals surface area (Å²) in [7, 11) is 2.55. The number of Topliss-reactive ketones (excluding diaryl/α,β-unsaturated/α-hetero) is 2. The summed E-state index contributed by atoms with van der Waals surface area (Å²) in [6, 6.07) is 0. The minimum Gasteiger partial charge on any atom is -0.489 e. The normalized spacial score (nSPS) is 15.9. The third-order valence-corrected chi connectivity index (χ3v) is 5.17. The lowest BCUT2D eigenvalue weighted by Crippen LogP contribution is -2.26. The second-order valence-corrected chi connectivity index (χ2v) is 8.05. The van der Waals surface area contributed by atoms with Crippen LogP contribution < -0.4 is 0 Å². The zero-order chi connectivity index (χ0) is 22.2. The van der Waals surface area contributed by atoms with E-state index >= 15 is 0 Å². The Labute approximate surface area is 173 Å². The molecule has 0 heterocycles. The van der Waals surface area contributed by atoms with E-state index in [1.165, 1.54) is 34.0 Å². The molecule has 0 fully saturated rings. The van der Waals surface area contributed by atoms with E-state index in [1.54, 1.807) is 6.08 Å². The minimum absolute atomic E-state index is 0.0781. The maximum Gasteiger partial charge on any atom is 0.247 e. The van der Waals surface area contributed by atoms with Crippen molar-refractivity contribution in [2.24, 2.45) is 5.41 Å². The van der Waals surface area contributed by atoms with E-state index < -0.39 is 16.5 Å². The van der Waals surface area contributed by atoms with Gasteiger partial charge in [0.2, 0.25) is 28.8 Å². The SMILES string of the molecule is CCCCCCCC(C)(C)/C=C(\CC1=C(C)C(=O)C(OC)=C(OC)C1=O)[N+](=O)[O-]. The first kappa shape index (κ1) is 24.6. The molecule has 0 radical (unpaired) electrons. The molecule has 0 unspecified atom stereocenters.